The summed E-state index contributed by atoms with van der Waals surface area (Å²) >= 11 is 4.65. The molecular formula is C14H15BrN2O2S2. The van der Waals surface area contributed by atoms with E-state index in [9.17, 15) is 8.42 Å². The van der Waals surface area contributed by atoms with Crippen LogP contribution in [0.5, 0.6) is 0 Å². The zero-order chi connectivity index (χ0) is 15.2. The van der Waals surface area contributed by atoms with E-state index >= 15 is 0 Å². The van der Waals surface area contributed by atoms with E-state index < -0.39 is 10.0 Å². The number of nitrogens with zero attached hydrogens (tertiary/aromatic N) is 1. The maximum atomic E-state index is 12.9. The summed E-state index contributed by atoms with van der Waals surface area (Å²) in [6.07, 6.45) is 1.67. The maximum absolute atomic E-state index is 12.9. The molecule has 2 aromatic rings. The quantitative estimate of drug-likeness (QED) is 0.802. The van der Waals surface area contributed by atoms with Crippen LogP contribution >= 0.6 is 27.3 Å². The summed E-state index contributed by atoms with van der Waals surface area (Å²) in [6.45, 7) is 2.40. The molecule has 112 valence electrons. The molecule has 2 heterocycles. The van der Waals surface area contributed by atoms with Crippen LogP contribution in [-0.2, 0) is 16.4 Å². The van der Waals surface area contributed by atoms with Gasteiger partial charge in [-0.15, -0.1) is 11.3 Å². The highest BCUT2D eigenvalue weighted by Crippen LogP contribution is 2.37. The normalized spacial score (nSPS) is 15.0. The molecule has 21 heavy (non-hydrogen) atoms. The number of rotatable bonds is 2. The van der Waals surface area contributed by atoms with Crippen LogP contribution in [0.3, 0.4) is 0 Å². The van der Waals surface area contributed by atoms with Gasteiger partial charge in [0.2, 0.25) is 0 Å². The SMILES string of the molecule is Cc1cc(S(=O)(=O)N2CCCc3cc(N)ccc32)sc1Br. The molecular weight excluding hydrogens is 372 g/mol. The molecule has 1 aliphatic heterocycles. The van der Waals surface area contributed by atoms with E-state index in [-0.39, 0.29) is 0 Å². The molecule has 3 rings (SSSR count). The topological polar surface area (TPSA) is 63.4 Å². The van der Waals surface area contributed by atoms with Gasteiger partial charge >= 0.3 is 0 Å². The number of benzene rings is 1. The molecule has 0 spiro atoms. The van der Waals surface area contributed by atoms with Crippen molar-refractivity contribution in [2.75, 3.05) is 16.6 Å². The van der Waals surface area contributed by atoms with Gasteiger partial charge in [-0.25, -0.2) is 8.42 Å². The number of anilines is 2. The van der Waals surface area contributed by atoms with E-state index in [4.69, 9.17) is 5.73 Å². The number of halogens is 1. The van der Waals surface area contributed by atoms with Crippen molar-refractivity contribution >= 4 is 48.7 Å². The van der Waals surface area contributed by atoms with Crippen molar-refractivity contribution in [1.82, 2.24) is 0 Å². The standard InChI is InChI=1S/C14H15BrN2O2S2/c1-9-7-13(20-14(9)15)21(18,19)17-6-2-3-10-8-11(16)4-5-12(10)17/h4-5,7-8H,2-3,6,16H2,1H3. The molecule has 0 radical (unpaired) electrons. The third-order valence-corrected chi connectivity index (χ3v) is 7.96. The van der Waals surface area contributed by atoms with Gasteiger partial charge < -0.3 is 5.73 Å². The smallest absolute Gasteiger partial charge is 0.273 e. The number of fused-ring (bicyclic) bond motifs is 1. The third kappa shape index (κ3) is 2.58. The largest absolute Gasteiger partial charge is 0.399 e. The van der Waals surface area contributed by atoms with Crippen molar-refractivity contribution in [3.05, 3.63) is 39.2 Å². The summed E-state index contributed by atoms with van der Waals surface area (Å²) < 4.78 is 28.5. The highest BCUT2D eigenvalue weighted by atomic mass is 79.9. The van der Waals surface area contributed by atoms with Crippen molar-refractivity contribution < 1.29 is 8.42 Å². The van der Waals surface area contributed by atoms with Crippen LogP contribution in [0.1, 0.15) is 17.5 Å². The number of nitrogen functional groups attached to an aromatic ring is 1. The van der Waals surface area contributed by atoms with Crippen molar-refractivity contribution in [2.24, 2.45) is 0 Å². The summed E-state index contributed by atoms with van der Waals surface area (Å²) in [7, 11) is -3.51. The van der Waals surface area contributed by atoms with Crippen LogP contribution in [0, 0.1) is 6.92 Å². The monoisotopic (exact) mass is 386 g/mol. The molecule has 0 atom stereocenters. The zero-order valence-electron chi connectivity index (χ0n) is 11.5. The Bertz CT molecular complexity index is 780. The molecule has 1 aromatic heterocycles. The van der Waals surface area contributed by atoms with E-state index in [1.54, 1.807) is 18.2 Å². The molecule has 2 N–H and O–H groups in total. The van der Waals surface area contributed by atoms with E-state index in [0.717, 1.165) is 33.4 Å². The first-order chi connectivity index (χ1) is 9.89. The highest BCUT2D eigenvalue weighted by Gasteiger charge is 2.30. The Morgan fingerprint density at radius 1 is 1.33 bits per heavy atom. The molecule has 0 bridgehead atoms. The fourth-order valence-electron chi connectivity index (χ4n) is 2.50. The summed E-state index contributed by atoms with van der Waals surface area (Å²) in [5.74, 6) is 0. The predicted octanol–water partition coefficient (Wildman–Crippen LogP) is 3.54. The number of hydrogen-bond donors (Lipinski definition) is 1. The van der Waals surface area contributed by atoms with Gasteiger partial charge in [0.05, 0.1) is 9.47 Å². The van der Waals surface area contributed by atoms with E-state index in [1.165, 1.54) is 15.6 Å². The lowest BCUT2D eigenvalue weighted by molar-refractivity contribution is 0.588. The average Bonchev–Trinajstić information content (AvgIpc) is 2.78. The minimum atomic E-state index is -3.51. The fraction of sp³-hybridized carbons (Fsp3) is 0.286. The Labute approximate surface area is 136 Å². The number of hydrogen-bond acceptors (Lipinski definition) is 4. The first-order valence-corrected chi connectivity index (χ1v) is 9.61. The van der Waals surface area contributed by atoms with Crippen LogP contribution in [0.4, 0.5) is 11.4 Å². The molecule has 0 unspecified atom stereocenters. The lowest BCUT2D eigenvalue weighted by atomic mass is 10.0. The number of sulfonamides is 1. The van der Waals surface area contributed by atoms with Crippen LogP contribution in [0.15, 0.2) is 32.3 Å². The summed E-state index contributed by atoms with van der Waals surface area (Å²) in [4.78, 5) is 0. The second kappa shape index (κ2) is 5.30. The first kappa shape index (κ1) is 14.9. The van der Waals surface area contributed by atoms with Gasteiger partial charge in [-0.05, 0) is 71.1 Å². The first-order valence-electron chi connectivity index (χ1n) is 6.56. The molecule has 4 nitrogen and oxygen atoms in total. The summed E-state index contributed by atoms with van der Waals surface area (Å²) in [5.41, 5.74) is 9.15. The van der Waals surface area contributed by atoms with Gasteiger partial charge in [-0.2, -0.15) is 0 Å². The minimum Gasteiger partial charge on any atom is -0.399 e. The van der Waals surface area contributed by atoms with Crippen molar-refractivity contribution in [1.29, 1.82) is 0 Å². The van der Waals surface area contributed by atoms with Gasteiger partial charge in [-0.1, -0.05) is 0 Å². The van der Waals surface area contributed by atoms with Gasteiger partial charge in [0.25, 0.3) is 10.0 Å². The molecule has 0 saturated carbocycles. The molecule has 7 heteroatoms. The molecule has 0 amide bonds. The molecule has 0 fully saturated rings. The van der Waals surface area contributed by atoms with E-state index in [0.29, 0.717) is 16.4 Å². The molecule has 0 aliphatic carbocycles. The highest BCUT2D eigenvalue weighted by molar-refractivity contribution is 9.11. The summed E-state index contributed by atoms with van der Waals surface area (Å²) in [6, 6.07) is 7.14. The Balaban J connectivity index is 2.09. The zero-order valence-corrected chi connectivity index (χ0v) is 14.7. The Morgan fingerprint density at radius 3 is 2.76 bits per heavy atom. The van der Waals surface area contributed by atoms with Crippen molar-refractivity contribution in [3.63, 3.8) is 0 Å². The van der Waals surface area contributed by atoms with Gasteiger partial charge in [0, 0.05) is 12.2 Å². The Morgan fingerprint density at radius 2 is 2.10 bits per heavy atom. The molecule has 1 aromatic carbocycles. The minimum absolute atomic E-state index is 0.372. The third-order valence-electron chi connectivity index (χ3n) is 3.56. The second-order valence-electron chi connectivity index (χ2n) is 5.09. The number of thiophene rings is 1. The predicted molar refractivity (Wildman–Crippen MR) is 90.5 cm³/mol. The Hall–Kier alpha value is -1.05. The maximum Gasteiger partial charge on any atom is 0.273 e. The van der Waals surface area contributed by atoms with Gasteiger partial charge in [0.1, 0.15) is 4.21 Å². The van der Waals surface area contributed by atoms with Crippen LogP contribution in [0.25, 0.3) is 0 Å². The van der Waals surface area contributed by atoms with Crippen molar-refractivity contribution in [2.45, 2.75) is 24.0 Å². The van der Waals surface area contributed by atoms with Gasteiger partial charge in [0.15, 0.2) is 0 Å². The lowest BCUT2D eigenvalue weighted by Crippen LogP contribution is -2.35. The Kier molecular flexibility index (Phi) is 3.75. The van der Waals surface area contributed by atoms with Crippen LogP contribution < -0.4 is 10.0 Å². The number of aryl methyl sites for hydroxylation is 2. The van der Waals surface area contributed by atoms with Crippen LogP contribution in [0.2, 0.25) is 0 Å². The average molecular weight is 387 g/mol. The lowest BCUT2D eigenvalue weighted by Gasteiger charge is -2.30. The van der Waals surface area contributed by atoms with E-state index in [1.807, 2.05) is 13.0 Å². The van der Waals surface area contributed by atoms with E-state index in [2.05, 4.69) is 15.9 Å². The molecule has 0 saturated heterocycles. The fourth-order valence-corrected chi connectivity index (χ4v) is 6.38. The van der Waals surface area contributed by atoms with Crippen molar-refractivity contribution in [3.8, 4) is 0 Å². The number of nitrogens with two attached hydrogens (primary N) is 1. The second-order valence-corrected chi connectivity index (χ2v) is 9.55. The summed E-state index contributed by atoms with van der Waals surface area (Å²) in [5, 5.41) is 0. The molecule has 1 aliphatic rings. The van der Waals surface area contributed by atoms with Gasteiger partial charge in [-0.3, -0.25) is 4.31 Å². The van der Waals surface area contributed by atoms with Crippen LogP contribution in [-0.4, -0.2) is 15.0 Å².